The second-order valence-electron chi connectivity index (χ2n) is 5.78. The predicted molar refractivity (Wildman–Crippen MR) is 103 cm³/mol. The Kier molecular flexibility index (Phi) is 5.47. The van der Waals surface area contributed by atoms with Gasteiger partial charge in [-0.2, -0.15) is 0 Å². The number of rotatable bonds is 5. The van der Waals surface area contributed by atoms with E-state index >= 15 is 0 Å². The molecule has 0 bridgehead atoms. The molecule has 3 aromatic rings. The second-order valence-corrected chi connectivity index (χ2v) is 5.78. The molecule has 0 unspecified atom stereocenters. The van der Waals surface area contributed by atoms with Crippen LogP contribution >= 0.6 is 0 Å². The van der Waals surface area contributed by atoms with Crippen LogP contribution in [0.5, 0.6) is 0 Å². The summed E-state index contributed by atoms with van der Waals surface area (Å²) >= 11 is 0. The van der Waals surface area contributed by atoms with Gasteiger partial charge in [0.05, 0.1) is 0 Å². The van der Waals surface area contributed by atoms with Crippen LogP contribution in [0.1, 0.15) is 25.2 Å². The Balaban J connectivity index is 1.86. The molecule has 0 saturated heterocycles. The molecule has 3 heteroatoms. The molecule has 0 saturated carbocycles. The highest BCUT2D eigenvalue weighted by molar-refractivity contribution is 5.75. The second kappa shape index (κ2) is 8.15. The van der Waals surface area contributed by atoms with E-state index < -0.39 is 0 Å². The molecule has 0 aliphatic heterocycles. The maximum atomic E-state index is 4.66. The fourth-order valence-electron chi connectivity index (χ4n) is 2.68. The Labute approximate surface area is 148 Å². The highest BCUT2D eigenvalue weighted by Crippen LogP contribution is 2.22. The first-order valence-electron chi connectivity index (χ1n) is 8.40. The van der Waals surface area contributed by atoms with E-state index in [9.17, 15) is 0 Å². The van der Waals surface area contributed by atoms with Crippen LogP contribution in [0, 0.1) is 0 Å². The van der Waals surface area contributed by atoms with E-state index in [4.69, 9.17) is 0 Å². The van der Waals surface area contributed by atoms with Crippen LogP contribution in [-0.4, -0.2) is 15.0 Å². The first-order chi connectivity index (χ1) is 12.3. The normalized spacial score (nSPS) is 12.2. The topological polar surface area (TPSA) is 38.7 Å². The average Bonchev–Trinajstić information content (AvgIpc) is 2.69. The highest BCUT2D eigenvalue weighted by atomic mass is 15.0. The van der Waals surface area contributed by atoms with E-state index in [1.54, 1.807) is 6.33 Å². The van der Waals surface area contributed by atoms with Gasteiger partial charge in [0, 0.05) is 11.1 Å². The molecular formula is C22H21N3. The van der Waals surface area contributed by atoms with Crippen LogP contribution in [0.15, 0.2) is 84.7 Å². The van der Waals surface area contributed by atoms with Crippen LogP contribution in [0.2, 0.25) is 0 Å². The van der Waals surface area contributed by atoms with Crippen molar-refractivity contribution in [1.82, 2.24) is 15.0 Å². The summed E-state index contributed by atoms with van der Waals surface area (Å²) in [5.74, 6) is 1.40. The van der Waals surface area contributed by atoms with E-state index in [2.05, 4.69) is 58.3 Å². The van der Waals surface area contributed by atoms with Gasteiger partial charge in [0.25, 0.3) is 0 Å². The van der Waals surface area contributed by atoms with Gasteiger partial charge in [-0.25, -0.2) is 15.0 Å². The molecule has 0 atom stereocenters. The number of allylic oxidation sites excluding steroid dienone is 4. The third-order valence-electron chi connectivity index (χ3n) is 4.05. The summed E-state index contributed by atoms with van der Waals surface area (Å²) in [6.07, 6.45) is 6.75. The zero-order chi connectivity index (χ0) is 17.5. The van der Waals surface area contributed by atoms with E-state index in [0.717, 1.165) is 23.1 Å². The van der Waals surface area contributed by atoms with Crippen molar-refractivity contribution in [2.75, 3.05) is 0 Å². The molecule has 1 heterocycles. The van der Waals surface area contributed by atoms with E-state index in [1.807, 2.05) is 43.3 Å². The van der Waals surface area contributed by atoms with Crippen molar-refractivity contribution in [2.45, 2.75) is 20.3 Å². The lowest BCUT2D eigenvalue weighted by molar-refractivity contribution is 1.02. The summed E-state index contributed by atoms with van der Waals surface area (Å²) in [6.45, 7) is 4.12. The van der Waals surface area contributed by atoms with Crippen molar-refractivity contribution < 1.29 is 0 Å². The first kappa shape index (κ1) is 16.8. The summed E-state index contributed by atoms with van der Waals surface area (Å²) in [4.78, 5) is 13.4. The van der Waals surface area contributed by atoms with Gasteiger partial charge in [-0.1, -0.05) is 72.8 Å². The van der Waals surface area contributed by atoms with Crippen molar-refractivity contribution in [3.8, 4) is 11.4 Å². The van der Waals surface area contributed by atoms with Crippen molar-refractivity contribution >= 4 is 5.57 Å². The van der Waals surface area contributed by atoms with Crippen LogP contribution < -0.4 is 0 Å². The van der Waals surface area contributed by atoms with Crippen LogP contribution in [-0.2, 0) is 6.42 Å². The fourth-order valence-corrected chi connectivity index (χ4v) is 2.68. The van der Waals surface area contributed by atoms with E-state index in [1.165, 1.54) is 5.56 Å². The van der Waals surface area contributed by atoms with Gasteiger partial charge in [0.2, 0.25) is 0 Å². The number of nitrogens with zero attached hydrogens (tertiary/aromatic N) is 3. The Morgan fingerprint density at radius 1 is 0.920 bits per heavy atom. The van der Waals surface area contributed by atoms with Gasteiger partial charge in [-0.05, 0) is 31.4 Å². The van der Waals surface area contributed by atoms with E-state index in [0.29, 0.717) is 11.6 Å². The van der Waals surface area contributed by atoms with Crippen LogP contribution in [0.3, 0.4) is 0 Å². The van der Waals surface area contributed by atoms with Gasteiger partial charge in [-0.15, -0.1) is 0 Å². The van der Waals surface area contributed by atoms with Crippen LogP contribution in [0.4, 0.5) is 0 Å². The minimum Gasteiger partial charge on any atom is -0.217 e. The molecule has 0 spiro atoms. The predicted octanol–water partition coefficient (Wildman–Crippen LogP) is 5.13. The molecule has 124 valence electrons. The molecule has 0 amide bonds. The maximum absolute atomic E-state index is 4.66. The minimum absolute atomic E-state index is 0.695. The third-order valence-corrected chi connectivity index (χ3v) is 4.05. The fraction of sp³-hybridized carbons (Fsp3) is 0.136. The summed E-state index contributed by atoms with van der Waals surface area (Å²) in [5.41, 5.74) is 4.48. The molecule has 0 aliphatic carbocycles. The Bertz CT molecular complexity index is 881. The molecule has 3 rings (SSSR count). The van der Waals surface area contributed by atoms with Crippen molar-refractivity contribution in [3.05, 3.63) is 96.1 Å². The largest absolute Gasteiger partial charge is 0.217 e. The number of aromatic nitrogens is 3. The maximum Gasteiger partial charge on any atom is 0.163 e. The summed E-state index contributed by atoms with van der Waals surface area (Å²) < 4.78 is 0. The molecule has 2 aromatic carbocycles. The van der Waals surface area contributed by atoms with Crippen molar-refractivity contribution in [3.63, 3.8) is 0 Å². The van der Waals surface area contributed by atoms with Gasteiger partial charge in [-0.3, -0.25) is 0 Å². The number of hydrogen-bond acceptors (Lipinski definition) is 3. The number of benzene rings is 2. The molecule has 0 aliphatic rings. The third kappa shape index (κ3) is 4.27. The summed E-state index contributed by atoms with van der Waals surface area (Å²) in [6, 6.07) is 20.4. The lowest BCUT2D eigenvalue weighted by atomic mass is 10.0. The Morgan fingerprint density at radius 3 is 2.28 bits per heavy atom. The van der Waals surface area contributed by atoms with Gasteiger partial charge >= 0.3 is 0 Å². The number of hydrogen-bond donors (Lipinski definition) is 0. The van der Waals surface area contributed by atoms with Crippen molar-refractivity contribution in [1.29, 1.82) is 0 Å². The lowest BCUT2D eigenvalue weighted by Gasteiger charge is -2.08. The van der Waals surface area contributed by atoms with Gasteiger partial charge in [0.15, 0.2) is 11.6 Å². The highest BCUT2D eigenvalue weighted by Gasteiger charge is 2.09. The quantitative estimate of drug-likeness (QED) is 0.610. The molecule has 0 fully saturated rings. The smallest absolute Gasteiger partial charge is 0.163 e. The van der Waals surface area contributed by atoms with Gasteiger partial charge < -0.3 is 0 Å². The molecule has 3 nitrogen and oxygen atoms in total. The zero-order valence-electron chi connectivity index (χ0n) is 14.6. The standard InChI is InChI=1S/C22H21N3/c1-3-20(17(2)14-15-18-10-6-4-7-11-18)22-24-16-23-21(25-22)19-12-8-5-9-13-19/h3-14,16H,15H2,1-2H3/b17-14-,20-3+. The average molecular weight is 327 g/mol. The first-order valence-corrected chi connectivity index (χ1v) is 8.40. The molecule has 1 aromatic heterocycles. The molecule has 0 radical (unpaired) electrons. The molecular weight excluding hydrogens is 306 g/mol. The summed E-state index contributed by atoms with van der Waals surface area (Å²) in [7, 11) is 0. The minimum atomic E-state index is 0.695. The van der Waals surface area contributed by atoms with E-state index in [-0.39, 0.29) is 0 Å². The Morgan fingerprint density at radius 2 is 1.60 bits per heavy atom. The van der Waals surface area contributed by atoms with Gasteiger partial charge in [0.1, 0.15) is 6.33 Å². The summed E-state index contributed by atoms with van der Waals surface area (Å²) in [5, 5.41) is 0. The Hall–Kier alpha value is -3.07. The molecule has 25 heavy (non-hydrogen) atoms. The van der Waals surface area contributed by atoms with Crippen LogP contribution in [0.25, 0.3) is 17.0 Å². The lowest BCUT2D eigenvalue weighted by Crippen LogP contribution is -2.00. The molecule has 0 N–H and O–H groups in total. The zero-order valence-corrected chi connectivity index (χ0v) is 14.6. The van der Waals surface area contributed by atoms with Crippen molar-refractivity contribution in [2.24, 2.45) is 0 Å². The SMILES string of the molecule is C/C=C(\C(C)=C/Cc1ccccc1)c1ncnc(-c2ccccc2)n1. The monoisotopic (exact) mass is 327 g/mol.